The molecule has 0 saturated carbocycles. The van der Waals surface area contributed by atoms with Crippen molar-refractivity contribution < 1.29 is 45.8 Å². The van der Waals surface area contributed by atoms with Gasteiger partial charge in [0.1, 0.15) is 6.04 Å². The molecule has 1 amide bonds. The number of ether oxygens (including phenoxy) is 1. The van der Waals surface area contributed by atoms with E-state index in [4.69, 9.17) is 0 Å². The van der Waals surface area contributed by atoms with E-state index in [9.17, 15) is 41.0 Å². The van der Waals surface area contributed by atoms with Crippen molar-refractivity contribution in [3.63, 3.8) is 0 Å². The number of hydrogen-bond donors (Lipinski definition) is 1. The molecule has 39 heavy (non-hydrogen) atoms. The van der Waals surface area contributed by atoms with Crippen molar-refractivity contribution in [3.8, 4) is 0 Å². The highest BCUT2D eigenvalue weighted by atomic mass is 19.4. The van der Waals surface area contributed by atoms with Gasteiger partial charge in [-0.15, -0.1) is 0 Å². The molecular weight excluding hydrogens is 532 g/mol. The Morgan fingerprint density at radius 2 is 1.69 bits per heavy atom. The Morgan fingerprint density at radius 1 is 1.03 bits per heavy atom. The maximum atomic E-state index is 13.8. The summed E-state index contributed by atoms with van der Waals surface area (Å²) < 4.78 is 84.0. The summed E-state index contributed by atoms with van der Waals surface area (Å²) in [5, 5.41) is 9.62. The zero-order chi connectivity index (χ0) is 28.6. The van der Waals surface area contributed by atoms with Gasteiger partial charge in [-0.2, -0.15) is 26.3 Å². The summed E-state index contributed by atoms with van der Waals surface area (Å²) >= 11 is 0. The zero-order valence-corrected chi connectivity index (χ0v) is 21.7. The van der Waals surface area contributed by atoms with Crippen LogP contribution in [0.3, 0.4) is 0 Å². The largest absolute Gasteiger partial charge is 0.480 e. The van der Waals surface area contributed by atoms with Crippen LogP contribution in [0.15, 0.2) is 18.2 Å². The highest BCUT2D eigenvalue weighted by molar-refractivity contribution is 5.78. The molecule has 3 aliphatic rings. The lowest BCUT2D eigenvalue weighted by Crippen LogP contribution is -2.46. The molecule has 0 aliphatic carbocycles. The lowest BCUT2D eigenvalue weighted by molar-refractivity contribution is -0.200. The lowest BCUT2D eigenvalue weighted by Gasteiger charge is -2.39. The van der Waals surface area contributed by atoms with Crippen LogP contribution in [0.25, 0.3) is 0 Å². The minimum atomic E-state index is -4.63. The molecule has 3 fully saturated rings. The molecule has 1 N–H and O–H groups in total. The van der Waals surface area contributed by atoms with Crippen molar-refractivity contribution in [1.29, 1.82) is 0 Å². The van der Waals surface area contributed by atoms with E-state index in [2.05, 4.69) is 4.74 Å². The van der Waals surface area contributed by atoms with Crippen molar-refractivity contribution in [2.75, 3.05) is 37.6 Å². The number of carboxylic acid groups (broad SMARTS) is 1. The fourth-order valence-corrected chi connectivity index (χ4v) is 5.88. The quantitative estimate of drug-likeness (QED) is 0.474. The third-order valence-corrected chi connectivity index (χ3v) is 8.17. The molecule has 1 aromatic rings. The summed E-state index contributed by atoms with van der Waals surface area (Å²) in [5.41, 5.74) is -0.314. The van der Waals surface area contributed by atoms with Crippen LogP contribution in [0.1, 0.15) is 56.6 Å². The summed E-state index contributed by atoms with van der Waals surface area (Å²) in [6.45, 7) is 3.10. The molecular formula is C26H33F6N3O4. The minimum Gasteiger partial charge on any atom is -0.480 e. The van der Waals surface area contributed by atoms with E-state index in [-0.39, 0.29) is 30.7 Å². The number of carbonyl (C=O) groups excluding carboxylic acids is 1. The van der Waals surface area contributed by atoms with Gasteiger partial charge in [-0.1, -0.05) is 0 Å². The van der Waals surface area contributed by atoms with Gasteiger partial charge >= 0.3 is 24.4 Å². The minimum absolute atomic E-state index is 0.182. The Balaban J connectivity index is 1.42. The van der Waals surface area contributed by atoms with E-state index in [1.807, 2.05) is 4.90 Å². The molecule has 1 spiro atoms. The van der Waals surface area contributed by atoms with Crippen LogP contribution in [-0.2, 0) is 22.3 Å². The summed E-state index contributed by atoms with van der Waals surface area (Å²) in [7, 11) is 0. The molecule has 1 aromatic carbocycles. The van der Waals surface area contributed by atoms with E-state index < -0.39 is 42.1 Å². The third kappa shape index (κ3) is 6.90. The second-order valence-corrected chi connectivity index (χ2v) is 10.9. The summed E-state index contributed by atoms with van der Waals surface area (Å²) in [4.78, 5) is 28.8. The molecule has 0 radical (unpaired) electrons. The van der Waals surface area contributed by atoms with Crippen molar-refractivity contribution in [2.45, 2.75) is 76.5 Å². The highest BCUT2D eigenvalue weighted by Gasteiger charge is 2.44. The number of halogens is 6. The Bertz CT molecular complexity index is 1060. The number of alkyl halides is 6. The van der Waals surface area contributed by atoms with Gasteiger partial charge in [-0.3, -0.25) is 4.90 Å². The van der Waals surface area contributed by atoms with Crippen LogP contribution in [-0.4, -0.2) is 78.0 Å². The Morgan fingerprint density at radius 3 is 2.31 bits per heavy atom. The number of likely N-dealkylation sites (tertiary alicyclic amines) is 2. The maximum absolute atomic E-state index is 13.8. The van der Waals surface area contributed by atoms with Crippen molar-refractivity contribution in [2.24, 2.45) is 5.41 Å². The first-order valence-corrected chi connectivity index (χ1v) is 13.1. The SMILES string of the molecule is CC(OC(=O)N1CCC2(CCN(Cc3cc(N4CCCCC4C(=O)O)cc(C(F)(F)F)c3)C2)CC1)C(F)(F)F. The number of carboxylic acids is 1. The molecule has 3 heterocycles. The number of carbonyl (C=O) groups is 2. The molecule has 3 saturated heterocycles. The summed E-state index contributed by atoms with van der Waals surface area (Å²) in [6, 6.07) is 2.89. The van der Waals surface area contributed by atoms with Gasteiger partial charge in [0, 0.05) is 38.4 Å². The maximum Gasteiger partial charge on any atom is 0.425 e. The van der Waals surface area contributed by atoms with Crippen molar-refractivity contribution in [3.05, 3.63) is 29.3 Å². The van der Waals surface area contributed by atoms with E-state index in [1.54, 1.807) is 11.0 Å². The van der Waals surface area contributed by atoms with E-state index >= 15 is 0 Å². The standard InChI is InChI=1S/C26H33F6N3O4/c1-17(25(27,28)29)39-23(38)34-10-6-24(7-11-34)5-9-33(16-24)15-18-12-19(26(30,31)32)14-20(13-18)35-8-3-2-4-21(35)22(36)37/h12-14,17,21H,2-11,15-16H2,1H3,(H,36,37). The number of aliphatic carboxylic acids is 1. The number of rotatable bonds is 5. The Labute approximate surface area is 222 Å². The van der Waals surface area contributed by atoms with Crippen LogP contribution in [0.5, 0.6) is 0 Å². The Hall–Kier alpha value is -2.70. The molecule has 0 aromatic heterocycles. The average molecular weight is 566 g/mol. The molecule has 4 rings (SSSR count). The van der Waals surface area contributed by atoms with Crippen LogP contribution in [0.2, 0.25) is 0 Å². The number of amides is 1. The topological polar surface area (TPSA) is 73.3 Å². The van der Waals surface area contributed by atoms with Gasteiger partial charge < -0.3 is 19.6 Å². The Kier molecular flexibility index (Phi) is 8.30. The number of piperidine rings is 2. The van der Waals surface area contributed by atoms with Gasteiger partial charge in [-0.25, -0.2) is 9.59 Å². The van der Waals surface area contributed by atoms with Gasteiger partial charge in [0.15, 0.2) is 6.10 Å². The van der Waals surface area contributed by atoms with Gasteiger partial charge in [-0.05, 0) is 81.2 Å². The first-order valence-electron chi connectivity index (χ1n) is 13.1. The fourth-order valence-electron chi connectivity index (χ4n) is 5.88. The molecule has 13 heteroatoms. The molecule has 3 aliphatic heterocycles. The molecule has 218 valence electrons. The molecule has 7 nitrogen and oxygen atoms in total. The van der Waals surface area contributed by atoms with Gasteiger partial charge in [0.2, 0.25) is 0 Å². The van der Waals surface area contributed by atoms with Crippen molar-refractivity contribution >= 4 is 17.7 Å². The first kappa shape index (κ1) is 29.3. The van der Waals surface area contributed by atoms with Crippen LogP contribution in [0, 0.1) is 5.41 Å². The first-order chi connectivity index (χ1) is 18.2. The normalized spacial score (nSPS) is 23.2. The lowest BCUT2D eigenvalue weighted by atomic mass is 9.78. The third-order valence-electron chi connectivity index (χ3n) is 8.17. The summed E-state index contributed by atoms with van der Waals surface area (Å²) in [6.07, 6.45) is -8.78. The molecule has 2 unspecified atom stereocenters. The second-order valence-electron chi connectivity index (χ2n) is 10.9. The highest BCUT2D eigenvalue weighted by Crippen LogP contribution is 2.42. The van der Waals surface area contributed by atoms with Gasteiger partial charge in [0.05, 0.1) is 5.56 Å². The number of anilines is 1. The predicted molar refractivity (Wildman–Crippen MR) is 129 cm³/mol. The van der Waals surface area contributed by atoms with E-state index in [0.717, 1.165) is 25.5 Å². The van der Waals surface area contributed by atoms with Crippen LogP contribution >= 0.6 is 0 Å². The van der Waals surface area contributed by atoms with Crippen LogP contribution in [0.4, 0.5) is 36.8 Å². The smallest absolute Gasteiger partial charge is 0.425 e. The molecule has 2 atom stereocenters. The molecule has 0 bridgehead atoms. The van der Waals surface area contributed by atoms with Crippen LogP contribution < -0.4 is 4.90 Å². The van der Waals surface area contributed by atoms with E-state index in [1.165, 1.54) is 4.90 Å². The monoisotopic (exact) mass is 565 g/mol. The summed E-state index contributed by atoms with van der Waals surface area (Å²) in [5.74, 6) is -1.06. The van der Waals surface area contributed by atoms with E-state index in [0.29, 0.717) is 57.3 Å². The predicted octanol–water partition coefficient (Wildman–Crippen LogP) is 5.52. The number of benzene rings is 1. The van der Waals surface area contributed by atoms with Crippen molar-refractivity contribution in [1.82, 2.24) is 9.80 Å². The number of nitrogens with zero attached hydrogens (tertiary/aromatic N) is 3. The average Bonchev–Trinajstić information content (AvgIpc) is 3.24. The fraction of sp³-hybridized carbons (Fsp3) is 0.692. The van der Waals surface area contributed by atoms with Gasteiger partial charge in [0.25, 0.3) is 0 Å². The zero-order valence-electron chi connectivity index (χ0n) is 21.7. The second kappa shape index (κ2) is 11.1. The number of hydrogen-bond acceptors (Lipinski definition) is 5.